The minimum Gasteiger partial charge on any atom is -0.481 e. The van der Waals surface area contributed by atoms with Crippen molar-refractivity contribution in [3.8, 4) is 11.1 Å². The smallest absolute Gasteiger partial charge is 0.417 e. The van der Waals surface area contributed by atoms with Gasteiger partial charge in [0.2, 0.25) is 6.04 Å². The van der Waals surface area contributed by atoms with Crippen LogP contribution >= 0.6 is 0 Å². The monoisotopic (exact) mass is 478 g/mol. The second-order valence-electron chi connectivity index (χ2n) is 8.14. The molecule has 0 spiro atoms. The fraction of sp³-hybridized carbons (Fsp3) is 0.375. The number of carboxylic acids is 1. The van der Waals surface area contributed by atoms with Gasteiger partial charge in [-0.25, -0.2) is 4.79 Å². The summed E-state index contributed by atoms with van der Waals surface area (Å²) in [5, 5.41) is 12.4. The number of nitrogens with one attached hydrogen (secondary N) is 2. The zero-order valence-electron chi connectivity index (χ0n) is 18.4. The predicted molar refractivity (Wildman–Crippen MR) is 117 cm³/mol. The van der Waals surface area contributed by atoms with Gasteiger partial charge in [0.15, 0.2) is 0 Å². The minimum absolute atomic E-state index is 0.166. The molecule has 0 fully saturated rings. The molecule has 0 radical (unpaired) electrons. The second-order valence-corrected chi connectivity index (χ2v) is 8.14. The molecule has 2 unspecified atom stereocenters. The number of carbonyl (C=O) groups excluding carboxylic acids is 2. The van der Waals surface area contributed by atoms with Gasteiger partial charge < -0.3 is 20.5 Å². The maximum atomic E-state index is 13.5. The van der Waals surface area contributed by atoms with Crippen molar-refractivity contribution in [2.45, 2.75) is 50.4 Å². The second kappa shape index (κ2) is 10.6. The first-order valence-electron chi connectivity index (χ1n) is 10.8. The van der Waals surface area contributed by atoms with E-state index in [0.29, 0.717) is 0 Å². The lowest BCUT2D eigenvalue weighted by Crippen LogP contribution is -2.56. The zero-order chi connectivity index (χ0) is 24.9. The van der Waals surface area contributed by atoms with Crippen molar-refractivity contribution in [1.82, 2.24) is 10.6 Å². The average molecular weight is 478 g/mol. The van der Waals surface area contributed by atoms with Crippen LogP contribution in [0, 0.1) is 0 Å². The maximum absolute atomic E-state index is 13.5. The Hall–Kier alpha value is -3.56. The van der Waals surface area contributed by atoms with Crippen molar-refractivity contribution in [2.24, 2.45) is 0 Å². The summed E-state index contributed by atoms with van der Waals surface area (Å²) in [6, 6.07) is 11.5. The van der Waals surface area contributed by atoms with E-state index in [1.54, 1.807) is 5.32 Å². The van der Waals surface area contributed by atoms with Gasteiger partial charge in [0, 0.05) is 18.4 Å². The van der Waals surface area contributed by atoms with E-state index in [-0.39, 0.29) is 31.8 Å². The molecule has 2 amide bonds. The summed E-state index contributed by atoms with van der Waals surface area (Å²) in [5.74, 6) is -2.82. The van der Waals surface area contributed by atoms with E-state index in [4.69, 9.17) is 9.84 Å². The van der Waals surface area contributed by atoms with Gasteiger partial charge in [0.05, 0.1) is 0 Å². The van der Waals surface area contributed by atoms with Crippen molar-refractivity contribution in [1.29, 1.82) is 0 Å². The fourth-order valence-corrected chi connectivity index (χ4v) is 4.01. The molecular weight excluding hydrogens is 453 g/mol. The van der Waals surface area contributed by atoms with Gasteiger partial charge in [-0.1, -0.05) is 48.5 Å². The van der Waals surface area contributed by atoms with E-state index in [9.17, 15) is 27.6 Å². The molecule has 3 rings (SSSR count). The Morgan fingerprint density at radius 3 is 2.09 bits per heavy atom. The third-order valence-electron chi connectivity index (χ3n) is 5.61. The molecular formula is C24H25F3N2O5. The third-order valence-corrected chi connectivity index (χ3v) is 5.61. The summed E-state index contributed by atoms with van der Waals surface area (Å²) in [7, 11) is 0. The van der Waals surface area contributed by atoms with Gasteiger partial charge in [0.1, 0.15) is 6.61 Å². The van der Waals surface area contributed by atoms with Gasteiger partial charge in [-0.05, 0) is 42.0 Å². The van der Waals surface area contributed by atoms with E-state index in [0.717, 1.165) is 22.3 Å². The molecule has 7 nitrogen and oxygen atoms in total. The SMILES string of the molecule is CC(CCCC(=O)O)NC(=O)C(NC(=O)OCC1c2ccccc2-c2ccccc21)C(F)(F)F. The Morgan fingerprint density at radius 2 is 1.56 bits per heavy atom. The number of rotatable bonds is 9. The molecule has 2 atom stereocenters. The maximum Gasteiger partial charge on any atom is 0.417 e. The summed E-state index contributed by atoms with van der Waals surface area (Å²) in [5.41, 5.74) is 3.74. The molecule has 1 aliphatic rings. The molecule has 0 heterocycles. The number of halogens is 3. The van der Waals surface area contributed by atoms with E-state index >= 15 is 0 Å². The first-order chi connectivity index (χ1) is 16.1. The summed E-state index contributed by atoms with van der Waals surface area (Å²) >= 11 is 0. The molecule has 34 heavy (non-hydrogen) atoms. The number of hydrogen-bond acceptors (Lipinski definition) is 4. The van der Waals surface area contributed by atoms with E-state index in [1.165, 1.54) is 6.92 Å². The number of aliphatic carboxylic acids is 1. The quantitative estimate of drug-likeness (QED) is 0.501. The number of carbonyl (C=O) groups is 3. The lowest BCUT2D eigenvalue weighted by atomic mass is 9.98. The Bertz CT molecular complexity index is 1010. The highest BCUT2D eigenvalue weighted by atomic mass is 19.4. The van der Waals surface area contributed by atoms with Gasteiger partial charge in [-0.15, -0.1) is 0 Å². The van der Waals surface area contributed by atoms with Gasteiger partial charge in [-0.2, -0.15) is 13.2 Å². The number of ether oxygens (including phenoxy) is 1. The third kappa shape index (κ3) is 6.06. The zero-order valence-corrected chi connectivity index (χ0v) is 18.4. The van der Waals surface area contributed by atoms with Gasteiger partial charge >= 0.3 is 18.2 Å². The number of benzene rings is 2. The molecule has 3 N–H and O–H groups in total. The molecule has 0 aromatic heterocycles. The highest BCUT2D eigenvalue weighted by Crippen LogP contribution is 2.44. The Morgan fingerprint density at radius 1 is 1.00 bits per heavy atom. The standard InChI is InChI=1S/C24H25F3N2O5/c1-14(7-6-12-20(30)31)28-22(32)21(24(25,26)27)29-23(33)34-13-19-17-10-4-2-8-15(17)16-9-3-5-11-18(16)19/h2-5,8-11,14,19,21H,6-7,12-13H2,1H3,(H,28,32)(H,29,33)(H,30,31). The fourth-order valence-electron chi connectivity index (χ4n) is 4.01. The number of amides is 2. The van der Waals surface area contributed by atoms with Crippen LogP contribution in [-0.4, -0.2) is 47.9 Å². The molecule has 0 bridgehead atoms. The van der Waals surface area contributed by atoms with Crippen LogP contribution in [0.25, 0.3) is 11.1 Å². The van der Waals surface area contributed by atoms with Crippen LogP contribution in [0.3, 0.4) is 0 Å². The van der Waals surface area contributed by atoms with Crippen molar-refractivity contribution < 1.29 is 37.4 Å². The Balaban J connectivity index is 1.61. The highest BCUT2D eigenvalue weighted by molar-refractivity contribution is 5.86. The van der Waals surface area contributed by atoms with Crippen molar-refractivity contribution >= 4 is 18.0 Å². The van der Waals surface area contributed by atoms with Gasteiger partial charge in [-0.3, -0.25) is 9.59 Å². The molecule has 10 heteroatoms. The Labute approximate surface area is 194 Å². The number of alkyl carbamates (subject to hydrolysis) is 1. The number of alkyl halides is 3. The van der Waals surface area contributed by atoms with Crippen molar-refractivity contribution in [3.05, 3.63) is 59.7 Å². The normalized spacial score (nSPS) is 14.5. The Kier molecular flexibility index (Phi) is 7.80. The van der Waals surface area contributed by atoms with Gasteiger partial charge in [0.25, 0.3) is 5.91 Å². The summed E-state index contributed by atoms with van der Waals surface area (Å²) in [6.07, 6.45) is -6.21. The lowest BCUT2D eigenvalue weighted by Gasteiger charge is -2.23. The first-order valence-corrected chi connectivity index (χ1v) is 10.8. The number of hydrogen-bond donors (Lipinski definition) is 3. The van der Waals surface area contributed by atoms with Crippen molar-refractivity contribution in [2.75, 3.05) is 6.61 Å². The first kappa shape index (κ1) is 25.1. The van der Waals surface area contributed by atoms with Crippen LogP contribution in [0.1, 0.15) is 43.2 Å². The number of fused-ring (bicyclic) bond motifs is 3. The predicted octanol–water partition coefficient (Wildman–Crippen LogP) is 4.22. The molecule has 0 saturated heterocycles. The van der Waals surface area contributed by atoms with E-state index in [2.05, 4.69) is 5.32 Å². The molecule has 2 aromatic carbocycles. The van der Waals surface area contributed by atoms with Crippen LogP contribution < -0.4 is 10.6 Å². The van der Waals surface area contributed by atoms with Crippen LogP contribution in [0.5, 0.6) is 0 Å². The molecule has 0 saturated carbocycles. The molecule has 2 aromatic rings. The molecule has 1 aliphatic carbocycles. The summed E-state index contributed by atoms with van der Waals surface area (Å²) < 4.78 is 45.5. The lowest BCUT2D eigenvalue weighted by molar-refractivity contribution is -0.168. The topological polar surface area (TPSA) is 105 Å². The molecule has 182 valence electrons. The van der Waals surface area contributed by atoms with Crippen LogP contribution in [-0.2, 0) is 14.3 Å². The van der Waals surface area contributed by atoms with E-state index in [1.807, 2.05) is 48.5 Å². The summed E-state index contributed by atoms with van der Waals surface area (Å²) in [4.78, 5) is 35.0. The largest absolute Gasteiger partial charge is 0.481 e. The number of carboxylic acid groups (broad SMARTS) is 1. The van der Waals surface area contributed by atoms with Crippen LogP contribution in [0.4, 0.5) is 18.0 Å². The minimum atomic E-state index is -5.05. The van der Waals surface area contributed by atoms with Crippen molar-refractivity contribution in [3.63, 3.8) is 0 Å². The van der Waals surface area contributed by atoms with Crippen LogP contribution in [0.2, 0.25) is 0 Å². The summed E-state index contributed by atoms with van der Waals surface area (Å²) in [6.45, 7) is 1.26. The van der Waals surface area contributed by atoms with E-state index < -0.39 is 36.2 Å². The average Bonchev–Trinajstić information content (AvgIpc) is 3.08. The van der Waals surface area contributed by atoms with Crippen LogP contribution in [0.15, 0.2) is 48.5 Å². The highest BCUT2D eigenvalue weighted by Gasteiger charge is 2.46. The molecule has 0 aliphatic heterocycles.